The molecule has 5 rings (SSSR count). The monoisotopic (exact) mass is 556 g/mol. The Labute approximate surface area is 233 Å². The van der Waals surface area contributed by atoms with Crippen molar-refractivity contribution in [1.82, 2.24) is 15.0 Å². The van der Waals surface area contributed by atoms with Crippen LogP contribution < -0.4 is 5.73 Å². The molecule has 0 spiro atoms. The fourth-order valence-electron chi connectivity index (χ4n) is 5.05. The molecule has 11 nitrogen and oxygen atoms in total. The highest BCUT2D eigenvalue weighted by Crippen LogP contribution is 2.37. The highest BCUT2D eigenvalue weighted by Gasteiger charge is 2.61. The Balaban J connectivity index is 1.55. The number of aromatic amines is 2. The molecule has 5 aromatic rings. The number of ether oxygens (including phenoxy) is 1. The maximum Gasteiger partial charge on any atom is 0.435 e. The average molecular weight is 557 g/mol. The highest BCUT2D eigenvalue weighted by molar-refractivity contribution is 6.13. The first-order valence-electron chi connectivity index (χ1n) is 12.8. The number of rotatable bonds is 10. The molecule has 0 bridgehead atoms. The molecule has 2 heterocycles. The van der Waals surface area contributed by atoms with Crippen LogP contribution in [0.25, 0.3) is 21.8 Å². The minimum Gasteiger partial charge on any atom is -0.479 e. The molecular weight excluding hydrogens is 528 g/mol. The third-order valence-corrected chi connectivity index (χ3v) is 7.18. The number of nitrogens with one attached hydrogen (secondary N) is 2. The van der Waals surface area contributed by atoms with Crippen LogP contribution in [0.1, 0.15) is 22.8 Å². The topological polar surface area (TPSA) is 182 Å². The van der Waals surface area contributed by atoms with Crippen molar-refractivity contribution in [1.29, 1.82) is 0 Å². The molecule has 0 saturated heterocycles. The number of hydrogen-bond acceptors (Lipinski definition) is 7. The van der Waals surface area contributed by atoms with Gasteiger partial charge in [-0.05, 0) is 29.7 Å². The number of aliphatic carboxylic acids is 1. The van der Waals surface area contributed by atoms with Crippen LogP contribution in [0, 0.1) is 0 Å². The van der Waals surface area contributed by atoms with Crippen molar-refractivity contribution in [2.45, 2.75) is 30.7 Å². The normalized spacial score (nSPS) is 14.3. The van der Waals surface area contributed by atoms with E-state index in [2.05, 4.69) is 9.97 Å². The summed E-state index contributed by atoms with van der Waals surface area (Å²) in [5.74, 6) is -3.29. The van der Waals surface area contributed by atoms with Gasteiger partial charge < -0.3 is 30.7 Å². The molecule has 2 aromatic heterocycles. The largest absolute Gasteiger partial charge is 0.479 e. The number of aliphatic hydroxyl groups excluding tert-OH is 1. The van der Waals surface area contributed by atoms with Gasteiger partial charge in [-0.15, -0.1) is 0 Å². The van der Waals surface area contributed by atoms with Gasteiger partial charge in [-0.2, -0.15) is 5.06 Å². The molecule has 3 atom stereocenters. The molecule has 41 heavy (non-hydrogen) atoms. The highest BCUT2D eigenvalue weighted by atomic mass is 16.6. The number of hydroxylamine groups is 2. The van der Waals surface area contributed by atoms with Crippen molar-refractivity contribution in [3.05, 3.63) is 108 Å². The molecular formula is C30H28N4O7. The van der Waals surface area contributed by atoms with Crippen LogP contribution in [0.5, 0.6) is 0 Å². The summed E-state index contributed by atoms with van der Waals surface area (Å²) in [6.45, 7) is -0.328. The van der Waals surface area contributed by atoms with Crippen molar-refractivity contribution in [3.8, 4) is 0 Å². The number of nitrogens with zero attached hydrogens (tertiary/aromatic N) is 1. The second kappa shape index (κ2) is 11.3. The minimum atomic E-state index is -3.26. The third kappa shape index (κ3) is 4.93. The second-order valence-electron chi connectivity index (χ2n) is 9.65. The zero-order valence-corrected chi connectivity index (χ0v) is 21.7. The van der Waals surface area contributed by atoms with Gasteiger partial charge in [0.15, 0.2) is 5.78 Å². The first-order chi connectivity index (χ1) is 19.7. The van der Waals surface area contributed by atoms with Crippen LogP contribution in [-0.4, -0.2) is 59.9 Å². The van der Waals surface area contributed by atoms with Gasteiger partial charge in [-0.1, -0.05) is 66.7 Å². The summed E-state index contributed by atoms with van der Waals surface area (Å²) >= 11 is 0. The number of carbonyl (C=O) groups excluding carboxylic acids is 2. The van der Waals surface area contributed by atoms with Gasteiger partial charge in [0.1, 0.15) is 12.7 Å². The molecule has 0 radical (unpaired) electrons. The summed E-state index contributed by atoms with van der Waals surface area (Å²) in [7, 11) is 0. The van der Waals surface area contributed by atoms with Gasteiger partial charge in [0, 0.05) is 39.8 Å². The SMILES string of the molecule is N[C@@H](Cc1c[nH]c2ccccc12)C(=O)[C@@](C(=O)O)([C@@H](O)c1c[nH]c2ccccc12)N(O)C(=O)OCc1ccccc1. The molecule has 0 unspecified atom stereocenters. The lowest BCUT2D eigenvalue weighted by Crippen LogP contribution is -2.68. The first kappa shape index (κ1) is 27.6. The third-order valence-electron chi connectivity index (χ3n) is 7.18. The van der Waals surface area contributed by atoms with Crippen molar-refractivity contribution in [2.75, 3.05) is 0 Å². The Kier molecular flexibility index (Phi) is 7.58. The van der Waals surface area contributed by atoms with Crippen molar-refractivity contribution in [3.63, 3.8) is 0 Å². The Morgan fingerprint density at radius 1 is 0.878 bits per heavy atom. The van der Waals surface area contributed by atoms with Gasteiger partial charge in [0.2, 0.25) is 0 Å². The Morgan fingerprint density at radius 2 is 1.46 bits per heavy atom. The number of carboxylic acid groups (broad SMARTS) is 1. The molecule has 0 aliphatic carbocycles. The van der Waals surface area contributed by atoms with E-state index in [0.29, 0.717) is 22.0 Å². The summed E-state index contributed by atoms with van der Waals surface area (Å²) in [5.41, 5.74) is 5.47. The van der Waals surface area contributed by atoms with E-state index >= 15 is 0 Å². The smallest absolute Gasteiger partial charge is 0.435 e. The molecule has 3 aromatic carbocycles. The molecule has 0 fully saturated rings. The van der Waals surface area contributed by atoms with E-state index in [9.17, 15) is 29.8 Å². The number of para-hydroxylation sites is 2. The number of carboxylic acids is 1. The number of H-pyrrole nitrogens is 2. The maximum absolute atomic E-state index is 14.1. The molecule has 11 heteroatoms. The average Bonchev–Trinajstić information content (AvgIpc) is 3.60. The quantitative estimate of drug-likeness (QED) is 0.0855. The van der Waals surface area contributed by atoms with Crippen LogP contribution in [-0.2, 0) is 27.4 Å². The number of ketones is 1. The number of amides is 1. The van der Waals surface area contributed by atoms with Crippen molar-refractivity contribution < 1.29 is 34.5 Å². The number of benzene rings is 3. The van der Waals surface area contributed by atoms with Crippen LogP contribution in [0.15, 0.2) is 91.3 Å². The predicted octanol–water partition coefficient (Wildman–Crippen LogP) is 3.67. The van der Waals surface area contributed by atoms with Crippen LogP contribution in [0.4, 0.5) is 4.79 Å². The van der Waals surface area contributed by atoms with E-state index < -0.39 is 35.5 Å². The molecule has 7 N–H and O–H groups in total. The first-order valence-corrected chi connectivity index (χ1v) is 12.8. The fraction of sp³-hybridized carbons (Fsp3) is 0.167. The summed E-state index contributed by atoms with van der Waals surface area (Å²) < 4.78 is 5.15. The van der Waals surface area contributed by atoms with Crippen molar-refractivity contribution in [2.24, 2.45) is 5.73 Å². The van der Waals surface area contributed by atoms with Gasteiger partial charge in [0.25, 0.3) is 5.54 Å². The predicted molar refractivity (Wildman–Crippen MR) is 149 cm³/mol. The van der Waals surface area contributed by atoms with E-state index in [1.165, 1.54) is 6.20 Å². The summed E-state index contributed by atoms with van der Waals surface area (Å²) in [6, 6.07) is 20.8. The van der Waals surface area contributed by atoms with Gasteiger partial charge in [-0.25, -0.2) is 9.59 Å². The lowest BCUT2D eigenvalue weighted by Gasteiger charge is -2.38. The number of aliphatic hydroxyl groups is 1. The summed E-state index contributed by atoms with van der Waals surface area (Å²) in [4.78, 5) is 46.1. The standard InChI is InChI=1S/C30H28N4O7/c31-23(14-19-15-32-24-12-6-4-10-20(19)24)27(36)30(28(37)38,26(35)22-16-33-25-13-7-5-11-21(22)25)34(40)29(39)41-17-18-8-2-1-3-9-18/h1-13,15-16,23,26,32-33,35,40H,14,17,31H2,(H,37,38)/t23-,26-,30+/m0/s1. The Morgan fingerprint density at radius 3 is 2.15 bits per heavy atom. The molecule has 0 saturated carbocycles. The van der Waals surface area contributed by atoms with E-state index in [1.54, 1.807) is 66.9 Å². The van der Waals surface area contributed by atoms with Gasteiger partial charge in [0.05, 0.1) is 6.04 Å². The summed E-state index contributed by atoms with van der Waals surface area (Å²) in [6.07, 6.45) is -0.990. The van der Waals surface area contributed by atoms with E-state index in [4.69, 9.17) is 10.5 Å². The fourth-order valence-corrected chi connectivity index (χ4v) is 5.05. The number of nitrogens with two attached hydrogens (primary N) is 1. The van der Waals surface area contributed by atoms with Crippen LogP contribution in [0.3, 0.4) is 0 Å². The lowest BCUT2D eigenvalue weighted by molar-refractivity contribution is -0.206. The van der Waals surface area contributed by atoms with E-state index in [0.717, 1.165) is 10.9 Å². The van der Waals surface area contributed by atoms with Gasteiger partial charge >= 0.3 is 12.1 Å². The molecule has 1 amide bonds. The number of hydrogen-bond donors (Lipinski definition) is 6. The van der Waals surface area contributed by atoms with Crippen LogP contribution in [0.2, 0.25) is 0 Å². The molecule has 0 aliphatic heterocycles. The maximum atomic E-state index is 14.1. The molecule has 0 aliphatic rings. The summed E-state index contributed by atoms with van der Waals surface area (Å²) in [5, 5.41) is 34.1. The van der Waals surface area contributed by atoms with Crippen LogP contribution >= 0.6 is 0 Å². The van der Waals surface area contributed by atoms with Crippen molar-refractivity contribution >= 4 is 39.7 Å². The van der Waals surface area contributed by atoms with Gasteiger partial charge in [-0.3, -0.25) is 10.0 Å². The van der Waals surface area contributed by atoms with E-state index in [-0.39, 0.29) is 23.7 Å². The lowest BCUT2D eigenvalue weighted by atomic mass is 9.79. The van der Waals surface area contributed by atoms with E-state index in [1.807, 2.05) is 18.2 Å². The number of fused-ring (bicyclic) bond motifs is 2. The number of aromatic nitrogens is 2. The Bertz CT molecular complexity index is 1710. The second-order valence-corrected chi connectivity index (χ2v) is 9.65. The zero-order chi connectivity index (χ0) is 29.1. The number of Topliss-reactive ketones (excluding diaryl/α,β-unsaturated/α-hetero) is 1. The zero-order valence-electron chi connectivity index (χ0n) is 21.7. The molecule has 210 valence electrons. The number of carbonyl (C=O) groups is 3. The Hall–Kier alpha value is -4.97. The minimum absolute atomic E-state index is 0.0365.